The minimum atomic E-state index is -0.212. The monoisotopic (exact) mass is 427 g/mol. The molecule has 7 heteroatoms. The van der Waals surface area contributed by atoms with Gasteiger partial charge in [-0.3, -0.25) is 10.2 Å². The molecule has 2 atom stereocenters. The Labute approximate surface area is 184 Å². The quantitative estimate of drug-likeness (QED) is 0.477. The van der Waals surface area contributed by atoms with Gasteiger partial charge in [0.2, 0.25) is 5.91 Å². The van der Waals surface area contributed by atoms with Gasteiger partial charge in [-0.1, -0.05) is 31.5 Å². The zero-order valence-corrected chi connectivity index (χ0v) is 18.6. The molecule has 3 N–H and O–H groups in total. The van der Waals surface area contributed by atoms with Crippen LogP contribution in [0.15, 0.2) is 42.5 Å². The number of carbonyl (C=O) groups excluding carboxylic acids is 1. The number of unbranched alkanes of at least 4 members (excludes halogenated alkanes) is 1. The average molecular weight is 428 g/mol. The Balaban J connectivity index is 1.59. The summed E-state index contributed by atoms with van der Waals surface area (Å²) in [6, 6.07) is 13.6. The van der Waals surface area contributed by atoms with Gasteiger partial charge in [-0.15, -0.1) is 0 Å². The number of hydrazine groups is 1. The van der Waals surface area contributed by atoms with Crippen LogP contribution in [0, 0.1) is 5.92 Å². The highest BCUT2D eigenvalue weighted by Crippen LogP contribution is 2.29. The van der Waals surface area contributed by atoms with Crippen LogP contribution in [0.25, 0.3) is 0 Å². The second kappa shape index (κ2) is 11.6. The van der Waals surface area contributed by atoms with E-state index in [2.05, 4.69) is 23.1 Å². The fourth-order valence-electron chi connectivity index (χ4n) is 3.58. The lowest BCUT2D eigenvalue weighted by Crippen LogP contribution is -2.34. The molecule has 31 heavy (non-hydrogen) atoms. The highest BCUT2D eigenvalue weighted by atomic mass is 16.5. The first-order valence-electron chi connectivity index (χ1n) is 10.9. The molecule has 0 spiro atoms. The lowest BCUT2D eigenvalue weighted by molar-refractivity contribution is -0.125. The molecular formula is C24H33N3O4. The average Bonchev–Trinajstić information content (AvgIpc) is 3.28. The number of hydrogen-bond donors (Lipinski definition) is 3. The third-order valence-corrected chi connectivity index (χ3v) is 5.32. The van der Waals surface area contributed by atoms with E-state index in [-0.39, 0.29) is 17.9 Å². The van der Waals surface area contributed by atoms with Crippen LogP contribution < -0.4 is 30.4 Å². The second-order valence-electron chi connectivity index (χ2n) is 7.52. The lowest BCUT2D eigenvalue weighted by atomic mass is 9.94. The highest BCUT2D eigenvalue weighted by Gasteiger charge is 2.33. The lowest BCUT2D eigenvalue weighted by Gasteiger charge is -2.19. The van der Waals surface area contributed by atoms with Crippen LogP contribution in [0.3, 0.4) is 0 Å². The summed E-state index contributed by atoms with van der Waals surface area (Å²) in [4.78, 5) is 12.9. The molecule has 2 unspecified atom stereocenters. The van der Waals surface area contributed by atoms with Crippen molar-refractivity contribution >= 4 is 5.91 Å². The van der Waals surface area contributed by atoms with Crippen molar-refractivity contribution in [3.8, 4) is 17.2 Å². The molecule has 1 heterocycles. The van der Waals surface area contributed by atoms with E-state index < -0.39 is 0 Å². The number of amides is 1. The summed E-state index contributed by atoms with van der Waals surface area (Å²) in [5.41, 5.74) is 8.36. The van der Waals surface area contributed by atoms with E-state index in [4.69, 9.17) is 14.2 Å². The van der Waals surface area contributed by atoms with E-state index in [0.717, 1.165) is 36.3 Å². The molecule has 0 bridgehead atoms. The van der Waals surface area contributed by atoms with Crippen molar-refractivity contribution in [3.63, 3.8) is 0 Å². The SMILES string of the molecule is CCCCOc1ccc(C2NNCC2C(=O)NCc2ccc(OC)c(OCC)c2)cc1. The summed E-state index contributed by atoms with van der Waals surface area (Å²) in [5, 5.41) is 3.05. The minimum Gasteiger partial charge on any atom is -0.494 e. The van der Waals surface area contributed by atoms with Gasteiger partial charge in [0.05, 0.1) is 32.3 Å². The fraction of sp³-hybridized carbons (Fsp3) is 0.458. The standard InChI is InChI=1S/C24H33N3O4/c1-4-6-13-31-19-10-8-18(9-11-19)23-20(16-26-27-23)24(28)25-15-17-7-12-21(29-3)22(14-17)30-5-2/h7-12,14,20,23,26-27H,4-6,13,15-16H2,1-3H3,(H,25,28). The summed E-state index contributed by atoms with van der Waals surface area (Å²) < 4.78 is 16.7. The van der Waals surface area contributed by atoms with Gasteiger partial charge in [0.1, 0.15) is 5.75 Å². The molecule has 1 amide bonds. The summed E-state index contributed by atoms with van der Waals surface area (Å²) in [6.45, 7) is 6.34. The van der Waals surface area contributed by atoms with Crippen molar-refractivity contribution in [2.75, 3.05) is 26.9 Å². The van der Waals surface area contributed by atoms with E-state index in [0.29, 0.717) is 31.2 Å². The van der Waals surface area contributed by atoms with Crippen LogP contribution in [0.2, 0.25) is 0 Å². The molecule has 2 aromatic carbocycles. The molecule has 1 saturated heterocycles. The van der Waals surface area contributed by atoms with Gasteiger partial charge < -0.3 is 19.5 Å². The first-order chi connectivity index (χ1) is 15.2. The number of rotatable bonds is 11. The molecule has 0 aromatic heterocycles. The normalized spacial score (nSPS) is 17.9. The fourth-order valence-corrected chi connectivity index (χ4v) is 3.58. The van der Waals surface area contributed by atoms with Crippen molar-refractivity contribution in [1.29, 1.82) is 0 Å². The van der Waals surface area contributed by atoms with E-state index >= 15 is 0 Å². The molecule has 0 radical (unpaired) electrons. The Morgan fingerprint density at radius 1 is 1.10 bits per heavy atom. The van der Waals surface area contributed by atoms with Crippen LogP contribution in [0.5, 0.6) is 17.2 Å². The largest absolute Gasteiger partial charge is 0.494 e. The first-order valence-corrected chi connectivity index (χ1v) is 10.9. The van der Waals surface area contributed by atoms with Gasteiger partial charge in [0.15, 0.2) is 11.5 Å². The number of ether oxygens (including phenoxy) is 3. The molecular weight excluding hydrogens is 394 g/mol. The zero-order chi connectivity index (χ0) is 22.1. The predicted octanol–water partition coefficient (Wildman–Crippen LogP) is 3.35. The molecule has 1 aliphatic rings. The Morgan fingerprint density at radius 2 is 1.90 bits per heavy atom. The van der Waals surface area contributed by atoms with Gasteiger partial charge in [-0.2, -0.15) is 0 Å². The Kier molecular flexibility index (Phi) is 8.55. The van der Waals surface area contributed by atoms with Gasteiger partial charge in [0, 0.05) is 13.1 Å². The maximum atomic E-state index is 12.9. The topological polar surface area (TPSA) is 80.9 Å². The molecule has 7 nitrogen and oxygen atoms in total. The Hall–Kier alpha value is -2.77. The van der Waals surface area contributed by atoms with E-state index in [1.807, 2.05) is 49.4 Å². The molecule has 0 saturated carbocycles. The van der Waals surface area contributed by atoms with Crippen molar-refractivity contribution in [3.05, 3.63) is 53.6 Å². The van der Waals surface area contributed by atoms with Crippen LogP contribution in [0.1, 0.15) is 43.9 Å². The number of methoxy groups -OCH3 is 1. The maximum absolute atomic E-state index is 12.9. The van der Waals surface area contributed by atoms with Gasteiger partial charge in [0.25, 0.3) is 0 Å². The smallest absolute Gasteiger partial charge is 0.226 e. The second-order valence-corrected chi connectivity index (χ2v) is 7.52. The minimum absolute atomic E-state index is 0.000416. The van der Waals surface area contributed by atoms with Crippen LogP contribution >= 0.6 is 0 Å². The van der Waals surface area contributed by atoms with Crippen molar-refractivity contribution in [2.45, 2.75) is 39.3 Å². The summed E-state index contributed by atoms with van der Waals surface area (Å²) in [5.74, 6) is 2.01. The Morgan fingerprint density at radius 3 is 2.61 bits per heavy atom. The van der Waals surface area contributed by atoms with Gasteiger partial charge in [-0.05, 0) is 48.7 Å². The zero-order valence-electron chi connectivity index (χ0n) is 18.6. The van der Waals surface area contributed by atoms with E-state index in [1.54, 1.807) is 7.11 Å². The third kappa shape index (κ3) is 6.12. The van der Waals surface area contributed by atoms with Crippen molar-refractivity contribution in [2.24, 2.45) is 5.92 Å². The van der Waals surface area contributed by atoms with Crippen molar-refractivity contribution < 1.29 is 19.0 Å². The predicted molar refractivity (Wildman–Crippen MR) is 120 cm³/mol. The molecule has 168 valence electrons. The Bertz CT molecular complexity index is 841. The third-order valence-electron chi connectivity index (χ3n) is 5.32. The van der Waals surface area contributed by atoms with Crippen LogP contribution in [0.4, 0.5) is 0 Å². The highest BCUT2D eigenvalue weighted by molar-refractivity contribution is 5.80. The summed E-state index contributed by atoms with van der Waals surface area (Å²) >= 11 is 0. The number of benzene rings is 2. The molecule has 3 rings (SSSR count). The maximum Gasteiger partial charge on any atom is 0.226 e. The molecule has 2 aromatic rings. The molecule has 0 aliphatic carbocycles. The van der Waals surface area contributed by atoms with E-state index in [1.165, 1.54) is 0 Å². The summed E-state index contributed by atoms with van der Waals surface area (Å²) in [7, 11) is 1.61. The first kappa shape index (κ1) is 22.9. The number of carbonyl (C=O) groups is 1. The molecule has 1 aliphatic heterocycles. The van der Waals surface area contributed by atoms with Gasteiger partial charge >= 0.3 is 0 Å². The van der Waals surface area contributed by atoms with Crippen LogP contribution in [-0.4, -0.2) is 32.8 Å². The van der Waals surface area contributed by atoms with Gasteiger partial charge in [-0.25, -0.2) is 5.43 Å². The van der Waals surface area contributed by atoms with Crippen LogP contribution in [-0.2, 0) is 11.3 Å². The van der Waals surface area contributed by atoms with E-state index in [9.17, 15) is 4.79 Å². The number of nitrogens with one attached hydrogen (secondary N) is 3. The molecule has 1 fully saturated rings. The number of hydrogen-bond acceptors (Lipinski definition) is 6. The van der Waals surface area contributed by atoms with Crippen molar-refractivity contribution in [1.82, 2.24) is 16.2 Å². The summed E-state index contributed by atoms with van der Waals surface area (Å²) in [6.07, 6.45) is 2.15.